The summed E-state index contributed by atoms with van der Waals surface area (Å²) in [5.41, 5.74) is 3.04. The van der Waals surface area contributed by atoms with Gasteiger partial charge in [-0.2, -0.15) is 0 Å². The molecular formula is C27H44O3. The lowest BCUT2D eigenvalue weighted by atomic mass is 9.48. The number of ketones is 1. The SMILES string of the molecule is CC(C)C(O)CC[C@@H](C)C1CC(=O)C2=C3CC[C@H]4C[C@@H](O)CC[C@]4(C)[C@H]3CC[C@@]21C. The number of allylic oxidation sites excluding steroid dienone is 2. The predicted octanol–water partition coefficient (Wildman–Crippen LogP) is 5.68. The summed E-state index contributed by atoms with van der Waals surface area (Å²) >= 11 is 0. The Labute approximate surface area is 183 Å². The van der Waals surface area contributed by atoms with Gasteiger partial charge in [0.25, 0.3) is 0 Å². The first-order valence-electron chi connectivity index (χ1n) is 12.7. The van der Waals surface area contributed by atoms with E-state index < -0.39 is 0 Å². The fourth-order valence-electron chi connectivity index (χ4n) is 8.14. The van der Waals surface area contributed by atoms with Crippen molar-refractivity contribution in [3.63, 3.8) is 0 Å². The normalized spacial score (nSPS) is 43.3. The highest BCUT2D eigenvalue weighted by Gasteiger charge is 2.58. The second kappa shape index (κ2) is 8.03. The molecule has 0 aromatic heterocycles. The first-order valence-corrected chi connectivity index (χ1v) is 12.7. The van der Waals surface area contributed by atoms with E-state index in [-0.39, 0.29) is 23.0 Å². The summed E-state index contributed by atoms with van der Waals surface area (Å²) in [6.45, 7) is 11.3. The summed E-state index contributed by atoms with van der Waals surface area (Å²) in [6, 6.07) is 0. The summed E-state index contributed by atoms with van der Waals surface area (Å²) in [5, 5.41) is 20.5. The number of carbonyl (C=O) groups excluding carboxylic acids is 1. The summed E-state index contributed by atoms with van der Waals surface area (Å²) < 4.78 is 0. The molecule has 0 heterocycles. The largest absolute Gasteiger partial charge is 0.393 e. The molecule has 8 atom stereocenters. The topological polar surface area (TPSA) is 57.5 Å². The maximum Gasteiger partial charge on any atom is 0.159 e. The molecule has 4 aliphatic carbocycles. The van der Waals surface area contributed by atoms with E-state index in [1.165, 1.54) is 17.6 Å². The van der Waals surface area contributed by atoms with Crippen LogP contribution in [0, 0.1) is 40.4 Å². The Morgan fingerprint density at radius 3 is 2.50 bits per heavy atom. The molecule has 0 aromatic carbocycles. The van der Waals surface area contributed by atoms with Crippen molar-refractivity contribution in [2.45, 2.75) is 111 Å². The van der Waals surface area contributed by atoms with Gasteiger partial charge in [-0.25, -0.2) is 0 Å². The second-order valence-electron chi connectivity index (χ2n) is 12.2. The standard InChI is InChI=1S/C27H44O3/c1-16(2)23(29)9-6-17(3)22-15-24(30)25-20-8-7-18-14-19(28)10-12-26(18,4)21(20)11-13-27(22,25)5/h16-19,21-23,28-29H,6-15H2,1-5H3/t17-,18+,19+,21+,22?,23?,26+,27-/m1/s1. The third-order valence-corrected chi connectivity index (χ3v) is 10.2. The van der Waals surface area contributed by atoms with Gasteiger partial charge in [-0.1, -0.05) is 40.2 Å². The number of rotatable bonds is 5. The zero-order chi connectivity index (χ0) is 21.8. The predicted molar refractivity (Wildman–Crippen MR) is 121 cm³/mol. The van der Waals surface area contributed by atoms with Gasteiger partial charge < -0.3 is 10.2 Å². The molecule has 4 rings (SSSR count). The van der Waals surface area contributed by atoms with Gasteiger partial charge in [0.2, 0.25) is 0 Å². The zero-order valence-electron chi connectivity index (χ0n) is 19.9. The van der Waals surface area contributed by atoms with E-state index in [0.29, 0.717) is 41.8 Å². The van der Waals surface area contributed by atoms with Gasteiger partial charge in [0.1, 0.15) is 0 Å². The average molecular weight is 417 g/mol. The Kier molecular flexibility index (Phi) is 6.03. The van der Waals surface area contributed by atoms with Crippen molar-refractivity contribution in [1.82, 2.24) is 0 Å². The van der Waals surface area contributed by atoms with E-state index in [1.54, 1.807) is 0 Å². The van der Waals surface area contributed by atoms with Gasteiger partial charge in [-0.3, -0.25) is 4.79 Å². The number of aliphatic hydroxyl groups is 2. The van der Waals surface area contributed by atoms with Crippen molar-refractivity contribution in [1.29, 1.82) is 0 Å². The van der Waals surface area contributed by atoms with Crippen LogP contribution in [0.1, 0.15) is 98.8 Å². The molecule has 0 aliphatic heterocycles. The molecule has 3 heteroatoms. The summed E-state index contributed by atoms with van der Waals surface area (Å²) in [6.07, 6.45) is 9.76. The van der Waals surface area contributed by atoms with Crippen LogP contribution in [0.25, 0.3) is 0 Å². The van der Waals surface area contributed by atoms with Crippen molar-refractivity contribution < 1.29 is 15.0 Å². The lowest BCUT2D eigenvalue weighted by Crippen LogP contribution is -2.48. The fraction of sp³-hybridized carbons (Fsp3) is 0.889. The van der Waals surface area contributed by atoms with E-state index in [1.807, 2.05) is 0 Å². The van der Waals surface area contributed by atoms with Crippen LogP contribution in [-0.2, 0) is 4.79 Å². The summed E-state index contributed by atoms with van der Waals surface area (Å²) in [4.78, 5) is 13.4. The second-order valence-corrected chi connectivity index (χ2v) is 12.2. The number of aliphatic hydroxyl groups excluding tert-OH is 2. The first kappa shape index (κ1) is 22.5. The van der Waals surface area contributed by atoms with Crippen molar-refractivity contribution in [3.8, 4) is 0 Å². The number of hydrogen-bond acceptors (Lipinski definition) is 3. The van der Waals surface area contributed by atoms with Crippen LogP contribution in [0.4, 0.5) is 0 Å². The minimum Gasteiger partial charge on any atom is -0.393 e. The lowest BCUT2D eigenvalue weighted by molar-refractivity contribution is -0.115. The maximum absolute atomic E-state index is 13.4. The molecular weight excluding hydrogens is 372 g/mol. The third kappa shape index (κ3) is 3.52. The van der Waals surface area contributed by atoms with E-state index in [2.05, 4.69) is 34.6 Å². The van der Waals surface area contributed by atoms with Gasteiger partial charge >= 0.3 is 0 Å². The molecule has 0 saturated heterocycles. The van der Waals surface area contributed by atoms with Gasteiger partial charge in [-0.05, 0) is 98.2 Å². The van der Waals surface area contributed by atoms with Gasteiger partial charge in [0.05, 0.1) is 12.2 Å². The molecule has 3 nitrogen and oxygen atoms in total. The molecule has 2 unspecified atom stereocenters. The molecule has 0 bridgehead atoms. The van der Waals surface area contributed by atoms with Crippen LogP contribution in [0.3, 0.4) is 0 Å². The van der Waals surface area contributed by atoms with Gasteiger partial charge in [0, 0.05) is 12.0 Å². The Balaban J connectivity index is 1.59. The molecule has 0 radical (unpaired) electrons. The number of carbonyl (C=O) groups is 1. The van der Waals surface area contributed by atoms with Crippen LogP contribution in [-0.4, -0.2) is 28.2 Å². The van der Waals surface area contributed by atoms with Crippen LogP contribution in [0.5, 0.6) is 0 Å². The van der Waals surface area contributed by atoms with Crippen LogP contribution >= 0.6 is 0 Å². The number of hydrogen-bond donors (Lipinski definition) is 2. The molecule has 3 fully saturated rings. The molecule has 0 aromatic rings. The first-order chi connectivity index (χ1) is 14.1. The number of fused-ring (bicyclic) bond motifs is 4. The quantitative estimate of drug-likeness (QED) is 0.606. The van der Waals surface area contributed by atoms with E-state index in [9.17, 15) is 15.0 Å². The Bertz CT molecular complexity index is 709. The van der Waals surface area contributed by atoms with E-state index in [4.69, 9.17) is 0 Å². The molecule has 170 valence electrons. The van der Waals surface area contributed by atoms with Crippen molar-refractivity contribution >= 4 is 5.78 Å². The molecule has 2 N–H and O–H groups in total. The summed E-state index contributed by atoms with van der Waals surface area (Å²) in [5.74, 6) is 2.79. The molecule has 0 spiro atoms. The lowest BCUT2D eigenvalue weighted by Gasteiger charge is -2.56. The Hall–Kier alpha value is -0.670. The monoisotopic (exact) mass is 416 g/mol. The molecule has 3 saturated carbocycles. The van der Waals surface area contributed by atoms with Crippen molar-refractivity contribution in [3.05, 3.63) is 11.1 Å². The highest BCUT2D eigenvalue weighted by Crippen LogP contribution is 2.65. The van der Waals surface area contributed by atoms with Gasteiger partial charge in [0.15, 0.2) is 5.78 Å². The minimum atomic E-state index is -0.234. The smallest absolute Gasteiger partial charge is 0.159 e. The highest BCUT2D eigenvalue weighted by molar-refractivity contribution is 6.00. The van der Waals surface area contributed by atoms with E-state index in [0.717, 1.165) is 51.4 Å². The fourth-order valence-corrected chi connectivity index (χ4v) is 8.14. The number of Topliss-reactive ketones (excluding diaryl/α,β-unsaturated/α-hetero) is 1. The minimum absolute atomic E-state index is 0.0303. The maximum atomic E-state index is 13.4. The summed E-state index contributed by atoms with van der Waals surface area (Å²) in [7, 11) is 0. The zero-order valence-corrected chi connectivity index (χ0v) is 19.9. The van der Waals surface area contributed by atoms with Gasteiger partial charge in [-0.15, -0.1) is 0 Å². The third-order valence-electron chi connectivity index (χ3n) is 10.2. The molecule has 4 aliphatic rings. The van der Waals surface area contributed by atoms with Crippen LogP contribution in [0.2, 0.25) is 0 Å². The van der Waals surface area contributed by atoms with E-state index >= 15 is 0 Å². The Morgan fingerprint density at radius 1 is 1.07 bits per heavy atom. The average Bonchev–Trinajstić information content (AvgIpc) is 2.97. The van der Waals surface area contributed by atoms with Crippen LogP contribution in [0.15, 0.2) is 11.1 Å². The molecule has 30 heavy (non-hydrogen) atoms. The molecule has 0 amide bonds. The van der Waals surface area contributed by atoms with Crippen molar-refractivity contribution in [2.75, 3.05) is 0 Å². The highest BCUT2D eigenvalue weighted by atomic mass is 16.3. The van der Waals surface area contributed by atoms with Crippen LogP contribution < -0.4 is 0 Å². The Morgan fingerprint density at radius 2 is 1.80 bits per heavy atom. The van der Waals surface area contributed by atoms with Crippen molar-refractivity contribution in [2.24, 2.45) is 40.4 Å².